The van der Waals surface area contributed by atoms with Gasteiger partial charge in [-0.1, -0.05) is 46.8 Å². The highest BCUT2D eigenvalue weighted by atomic mass is 32.1. The first-order chi connectivity index (χ1) is 15.1. The van der Waals surface area contributed by atoms with Crippen LogP contribution in [0, 0.1) is 11.3 Å². The molecule has 0 N–H and O–H groups in total. The second-order valence-corrected chi connectivity index (χ2v) is 11.5. The summed E-state index contributed by atoms with van der Waals surface area (Å²) in [4.78, 5) is 18.2. The number of aromatic nitrogens is 1. The average molecular weight is 459 g/mol. The Morgan fingerprint density at radius 3 is 2.41 bits per heavy atom. The molecule has 0 radical (unpaired) electrons. The predicted molar refractivity (Wildman–Crippen MR) is 130 cm³/mol. The summed E-state index contributed by atoms with van der Waals surface area (Å²) in [5.41, 5.74) is 4.35. The number of hydrogen-bond donors (Lipinski definition) is 0. The van der Waals surface area contributed by atoms with Crippen LogP contribution in [-0.2, 0) is 16.8 Å². The Morgan fingerprint density at radius 1 is 1.12 bits per heavy atom. The summed E-state index contributed by atoms with van der Waals surface area (Å²) in [6.45, 7) is 14.0. The fraction of sp³-hybridized carbons (Fsp3) is 0.615. The van der Waals surface area contributed by atoms with Crippen LogP contribution in [0.25, 0.3) is 0 Å². The molecule has 0 spiro atoms. The molecule has 2 aromatic rings. The Kier molecular flexibility index (Phi) is 8.21. The summed E-state index contributed by atoms with van der Waals surface area (Å²) in [6.07, 6.45) is 3.91. The summed E-state index contributed by atoms with van der Waals surface area (Å²) in [5, 5.41) is 1.90. The molecule has 1 aliphatic heterocycles. The number of carbonyl (C=O) groups excluding carboxylic acids is 1. The predicted octanol–water partition coefficient (Wildman–Crippen LogP) is 6.67. The normalized spacial score (nSPS) is 15.6. The van der Waals surface area contributed by atoms with E-state index in [-0.39, 0.29) is 18.1 Å². The lowest BCUT2D eigenvalue weighted by atomic mass is 9.72. The van der Waals surface area contributed by atoms with Crippen LogP contribution in [0.1, 0.15) is 71.6 Å². The van der Waals surface area contributed by atoms with E-state index in [1.165, 1.54) is 16.9 Å². The lowest BCUT2D eigenvalue weighted by Crippen LogP contribution is -2.39. The highest BCUT2D eigenvalue weighted by Gasteiger charge is 2.27. The maximum absolute atomic E-state index is 12.2. The molecule has 1 saturated heterocycles. The zero-order valence-electron chi connectivity index (χ0n) is 20.2. The van der Waals surface area contributed by atoms with Gasteiger partial charge in [-0.25, -0.2) is 9.78 Å². The molecule has 176 valence electrons. The van der Waals surface area contributed by atoms with E-state index in [1.54, 1.807) is 5.51 Å². The van der Waals surface area contributed by atoms with E-state index in [9.17, 15) is 4.79 Å². The Morgan fingerprint density at radius 2 is 1.81 bits per heavy atom. The Bertz CT molecular complexity index is 833. The van der Waals surface area contributed by atoms with Crippen molar-refractivity contribution in [2.45, 2.75) is 72.3 Å². The van der Waals surface area contributed by atoms with Crippen molar-refractivity contribution in [3.05, 3.63) is 46.4 Å². The van der Waals surface area contributed by atoms with Gasteiger partial charge in [-0.05, 0) is 60.1 Å². The van der Waals surface area contributed by atoms with Crippen molar-refractivity contribution in [2.24, 2.45) is 11.3 Å². The minimum Gasteiger partial charge on any atom is -0.494 e. The minimum absolute atomic E-state index is 0.145. The number of amides is 1. The molecular weight excluding hydrogens is 420 g/mol. The van der Waals surface area contributed by atoms with Crippen molar-refractivity contribution >= 4 is 17.4 Å². The van der Waals surface area contributed by atoms with Gasteiger partial charge in [-0.2, -0.15) is 0 Å². The van der Waals surface area contributed by atoms with Crippen molar-refractivity contribution in [1.82, 2.24) is 9.88 Å². The molecule has 0 aliphatic carbocycles. The van der Waals surface area contributed by atoms with Gasteiger partial charge in [0.15, 0.2) is 0 Å². The van der Waals surface area contributed by atoms with Gasteiger partial charge in [0.05, 0.1) is 17.8 Å². The Hall–Kier alpha value is -2.08. The van der Waals surface area contributed by atoms with E-state index < -0.39 is 0 Å². The van der Waals surface area contributed by atoms with E-state index in [1.807, 2.05) is 10.3 Å². The first-order valence-corrected chi connectivity index (χ1v) is 12.6. The largest absolute Gasteiger partial charge is 0.494 e. The molecule has 6 heteroatoms. The molecule has 1 aromatic heterocycles. The molecule has 0 atom stereocenters. The molecule has 1 aliphatic rings. The maximum atomic E-state index is 12.2. The van der Waals surface area contributed by atoms with Gasteiger partial charge in [0.2, 0.25) is 0 Å². The van der Waals surface area contributed by atoms with Crippen molar-refractivity contribution in [3.63, 3.8) is 0 Å². The number of carbonyl (C=O) groups is 1. The van der Waals surface area contributed by atoms with E-state index in [2.05, 4.69) is 63.9 Å². The van der Waals surface area contributed by atoms with Crippen LogP contribution in [0.5, 0.6) is 5.75 Å². The van der Waals surface area contributed by atoms with Crippen LogP contribution >= 0.6 is 11.3 Å². The SMILES string of the molecule is CC(C)(C)CC(C)(C)c1ccc(OCCC2CCN(C(=O)OCc3cscn3)CC2)cc1. The molecule has 1 amide bonds. The monoisotopic (exact) mass is 458 g/mol. The lowest BCUT2D eigenvalue weighted by molar-refractivity contribution is 0.0792. The second kappa shape index (κ2) is 10.7. The van der Waals surface area contributed by atoms with Crippen molar-refractivity contribution in [2.75, 3.05) is 19.7 Å². The molecule has 0 unspecified atom stereocenters. The van der Waals surface area contributed by atoms with Crippen LogP contribution < -0.4 is 4.74 Å². The highest BCUT2D eigenvalue weighted by molar-refractivity contribution is 7.07. The number of thiazole rings is 1. The van der Waals surface area contributed by atoms with Gasteiger partial charge in [-0.15, -0.1) is 11.3 Å². The summed E-state index contributed by atoms with van der Waals surface area (Å²) in [7, 11) is 0. The molecule has 1 aromatic carbocycles. The fourth-order valence-electron chi connectivity index (χ4n) is 4.71. The lowest BCUT2D eigenvalue weighted by Gasteiger charge is -2.33. The Balaban J connectivity index is 1.36. The van der Waals surface area contributed by atoms with Crippen LogP contribution in [0.3, 0.4) is 0 Å². The first kappa shape index (κ1) is 24.6. The van der Waals surface area contributed by atoms with E-state index >= 15 is 0 Å². The van der Waals surface area contributed by atoms with Gasteiger partial charge < -0.3 is 14.4 Å². The van der Waals surface area contributed by atoms with Crippen LogP contribution in [0.2, 0.25) is 0 Å². The molecule has 2 heterocycles. The number of ether oxygens (including phenoxy) is 2. The van der Waals surface area contributed by atoms with E-state index in [4.69, 9.17) is 9.47 Å². The highest BCUT2D eigenvalue weighted by Crippen LogP contribution is 2.36. The zero-order chi connectivity index (χ0) is 23.2. The van der Waals surface area contributed by atoms with Crippen molar-refractivity contribution in [3.8, 4) is 5.75 Å². The van der Waals surface area contributed by atoms with E-state index in [0.717, 1.165) is 50.2 Å². The third-order valence-corrected chi connectivity index (χ3v) is 6.74. The minimum atomic E-state index is -0.234. The standard InChI is InChI=1S/C26H38N2O3S/c1-25(2,3)18-26(4,5)21-6-8-23(9-7-21)30-15-12-20-10-13-28(14-11-20)24(29)31-16-22-17-32-19-27-22/h6-9,17,19-20H,10-16,18H2,1-5H3. The smallest absolute Gasteiger partial charge is 0.410 e. The molecule has 32 heavy (non-hydrogen) atoms. The van der Waals surface area contributed by atoms with Crippen molar-refractivity contribution in [1.29, 1.82) is 0 Å². The molecule has 1 fully saturated rings. The maximum Gasteiger partial charge on any atom is 0.410 e. The van der Waals surface area contributed by atoms with Crippen LogP contribution in [0.4, 0.5) is 4.79 Å². The molecule has 0 bridgehead atoms. The van der Waals surface area contributed by atoms with E-state index in [0.29, 0.717) is 17.9 Å². The molecule has 3 rings (SSSR count). The number of nitrogens with zero attached hydrogens (tertiary/aromatic N) is 2. The fourth-order valence-corrected chi connectivity index (χ4v) is 5.26. The molecule has 0 saturated carbocycles. The van der Waals surface area contributed by atoms with Gasteiger partial charge >= 0.3 is 6.09 Å². The van der Waals surface area contributed by atoms with Crippen LogP contribution in [0.15, 0.2) is 35.2 Å². The molecular formula is C26H38N2O3S. The van der Waals surface area contributed by atoms with Gasteiger partial charge in [-0.3, -0.25) is 0 Å². The summed E-state index contributed by atoms with van der Waals surface area (Å²) in [6, 6.07) is 8.61. The van der Waals surface area contributed by atoms with Gasteiger partial charge in [0.25, 0.3) is 0 Å². The summed E-state index contributed by atoms with van der Waals surface area (Å²) >= 11 is 1.51. The van der Waals surface area contributed by atoms with Gasteiger partial charge in [0, 0.05) is 18.5 Å². The number of likely N-dealkylation sites (tertiary alicyclic amines) is 1. The Labute approximate surface area is 197 Å². The quantitative estimate of drug-likeness (QED) is 0.443. The third kappa shape index (κ3) is 7.51. The second-order valence-electron chi connectivity index (χ2n) is 10.7. The number of hydrogen-bond acceptors (Lipinski definition) is 5. The third-order valence-electron chi connectivity index (χ3n) is 6.10. The molecule has 5 nitrogen and oxygen atoms in total. The average Bonchev–Trinajstić information content (AvgIpc) is 3.25. The summed E-state index contributed by atoms with van der Waals surface area (Å²) < 4.78 is 11.4. The first-order valence-electron chi connectivity index (χ1n) is 11.6. The number of benzene rings is 1. The van der Waals surface area contributed by atoms with Gasteiger partial charge in [0.1, 0.15) is 12.4 Å². The summed E-state index contributed by atoms with van der Waals surface area (Å²) in [5.74, 6) is 1.52. The topological polar surface area (TPSA) is 51.7 Å². The zero-order valence-corrected chi connectivity index (χ0v) is 21.0. The number of rotatable bonds is 8. The van der Waals surface area contributed by atoms with Crippen LogP contribution in [-0.4, -0.2) is 35.7 Å². The van der Waals surface area contributed by atoms with Crippen molar-refractivity contribution < 1.29 is 14.3 Å². The number of piperidine rings is 1.